The predicted molar refractivity (Wildman–Crippen MR) is 79.7 cm³/mol. The summed E-state index contributed by atoms with van der Waals surface area (Å²) in [5, 5.41) is 10.9. The zero-order chi connectivity index (χ0) is 14.8. The fourth-order valence-corrected chi connectivity index (χ4v) is 3.15. The summed E-state index contributed by atoms with van der Waals surface area (Å²) in [5.74, 6) is -0.705. The van der Waals surface area contributed by atoms with Gasteiger partial charge in [-0.25, -0.2) is 4.79 Å². The molecule has 1 N–H and O–H groups in total. The molecule has 21 heavy (non-hydrogen) atoms. The SMILES string of the molecule is O=C(O)c1ccc(CS(=O)c2ccc3ccccc3c2)o1. The van der Waals surface area contributed by atoms with E-state index in [1.165, 1.54) is 6.07 Å². The maximum atomic E-state index is 12.3. The Morgan fingerprint density at radius 2 is 1.81 bits per heavy atom. The molecule has 3 aromatic rings. The van der Waals surface area contributed by atoms with Gasteiger partial charge in [0.25, 0.3) is 0 Å². The van der Waals surface area contributed by atoms with E-state index >= 15 is 0 Å². The Morgan fingerprint density at radius 3 is 2.52 bits per heavy atom. The molecule has 0 radical (unpaired) electrons. The summed E-state index contributed by atoms with van der Waals surface area (Å²) in [4.78, 5) is 11.4. The second-order valence-electron chi connectivity index (χ2n) is 4.57. The quantitative estimate of drug-likeness (QED) is 0.801. The van der Waals surface area contributed by atoms with Crippen molar-refractivity contribution in [2.75, 3.05) is 0 Å². The highest BCUT2D eigenvalue weighted by atomic mass is 32.2. The molecule has 0 saturated carbocycles. The van der Waals surface area contributed by atoms with Gasteiger partial charge >= 0.3 is 5.97 Å². The van der Waals surface area contributed by atoms with Gasteiger partial charge in [-0.15, -0.1) is 0 Å². The average Bonchev–Trinajstić information content (AvgIpc) is 2.95. The van der Waals surface area contributed by atoms with Gasteiger partial charge in [0.2, 0.25) is 5.76 Å². The lowest BCUT2D eigenvalue weighted by atomic mass is 10.1. The second-order valence-corrected chi connectivity index (χ2v) is 6.02. The predicted octanol–water partition coefficient (Wildman–Crippen LogP) is 3.44. The monoisotopic (exact) mass is 300 g/mol. The van der Waals surface area contributed by atoms with E-state index in [1.54, 1.807) is 6.07 Å². The van der Waals surface area contributed by atoms with Crippen molar-refractivity contribution in [3.8, 4) is 0 Å². The second kappa shape index (κ2) is 5.54. The largest absolute Gasteiger partial charge is 0.475 e. The van der Waals surface area contributed by atoms with E-state index in [4.69, 9.17) is 9.52 Å². The van der Waals surface area contributed by atoms with Gasteiger partial charge in [0.05, 0.1) is 16.6 Å². The van der Waals surface area contributed by atoms with Crippen LogP contribution in [0.2, 0.25) is 0 Å². The Kier molecular flexibility index (Phi) is 3.58. The highest BCUT2D eigenvalue weighted by molar-refractivity contribution is 7.84. The van der Waals surface area contributed by atoms with Gasteiger partial charge in [0.1, 0.15) is 5.76 Å². The number of hydrogen-bond donors (Lipinski definition) is 1. The number of hydrogen-bond acceptors (Lipinski definition) is 3. The molecule has 1 unspecified atom stereocenters. The minimum absolute atomic E-state index is 0.138. The van der Waals surface area contributed by atoms with Crippen LogP contribution in [0.15, 0.2) is 63.9 Å². The zero-order valence-electron chi connectivity index (χ0n) is 11.0. The first-order valence-corrected chi connectivity index (χ1v) is 7.64. The van der Waals surface area contributed by atoms with Crippen molar-refractivity contribution in [2.24, 2.45) is 0 Å². The van der Waals surface area contributed by atoms with Crippen LogP contribution < -0.4 is 0 Å². The summed E-state index contributed by atoms with van der Waals surface area (Å²) >= 11 is 0. The van der Waals surface area contributed by atoms with Gasteiger partial charge in [-0.3, -0.25) is 4.21 Å². The van der Waals surface area contributed by atoms with Crippen LogP contribution in [0.4, 0.5) is 0 Å². The fraction of sp³-hybridized carbons (Fsp3) is 0.0625. The first-order valence-electron chi connectivity index (χ1n) is 6.33. The molecule has 0 aliphatic carbocycles. The molecule has 0 spiro atoms. The molecule has 2 aromatic carbocycles. The highest BCUT2D eigenvalue weighted by Gasteiger charge is 2.12. The molecule has 0 amide bonds. The highest BCUT2D eigenvalue weighted by Crippen LogP contribution is 2.20. The smallest absolute Gasteiger partial charge is 0.371 e. The van der Waals surface area contributed by atoms with Gasteiger partial charge in [-0.1, -0.05) is 30.3 Å². The minimum atomic E-state index is -1.28. The first kappa shape index (κ1) is 13.6. The van der Waals surface area contributed by atoms with E-state index in [9.17, 15) is 9.00 Å². The molecule has 0 aliphatic rings. The maximum Gasteiger partial charge on any atom is 0.371 e. The van der Waals surface area contributed by atoms with Crippen LogP contribution in [0, 0.1) is 0 Å². The summed E-state index contributed by atoms with van der Waals surface area (Å²) in [6.07, 6.45) is 0. The van der Waals surface area contributed by atoms with E-state index in [0.29, 0.717) is 10.7 Å². The topological polar surface area (TPSA) is 67.5 Å². The molecule has 4 nitrogen and oxygen atoms in total. The van der Waals surface area contributed by atoms with Crippen molar-refractivity contribution < 1.29 is 18.5 Å². The molecular weight excluding hydrogens is 288 g/mol. The number of carboxylic acid groups (broad SMARTS) is 1. The van der Waals surface area contributed by atoms with Crippen LogP contribution in [0.1, 0.15) is 16.3 Å². The summed E-state index contributed by atoms with van der Waals surface area (Å²) in [7, 11) is -1.28. The summed E-state index contributed by atoms with van der Waals surface area (Å²) in [6.45, 7) is 0. The Bertz CT molecular complexity index is 835. The maximum absolute atomic E-state index is 12.3. The molecule has 5 heteroatoms. The third kappa shape index (κ3) is 2.87. The lowest BCUT2D eigenvalue weighted by molar-refractivity contribution is 0.0661. The van der Waals surface area contributed by atoms with E-state index in [-0.39, 0.29) is 11.5 Å². The normalized spacial score (nSPS) is 12.4. The van der Waals surface area contributed by atoms with Gasteiger partial charge in [-0.2, -0.15) is 0 Å². The molecule has 0 fully saturated rings. The Labute approximate surface area is 123 Å². The first-order chi connectivity index (χ1) is 10.1. The standard InChI is InChI=1S/C16H12O4S/c17-16(18)15-8-6-13(20-15)10-21(19)14-7-5-11-3-1-2-4-12(11)9-14/h1-9H,10H2,(H,17,18). The molecule has 0 saturated heterocycles. The molecule has 1 atom stereocenters. The number of carbonyl (C=O) groups is 1. The van der Waals surface area contributed by atoms with E-state index in [0.717, 1.165) is 10.8 Å². The van der Waals surface area contributed by atoms with Crippen molar-refractivity contribution in [3.63, 3.8) is 0 Å². The fourth-order valence-electron chi connectivity index (χ4n) is 2.09. The Balaban J connectivity index is 1.84. The molecule has 106 valence electrons. The lowest BCUT2D eigenvalue weighted by Gasteiger charge is -2.03. The number of fused-ring (bicyclic) bond motifs is 1. The number of carboxylic acids is 1. The zero-order valence-corrected chi connectivity index (χ0v) is 11.8. The third-order valence-corrected chi connectivity index (χ3v) is 4.46. The van der Waals surface area contributed by atoms with Crippen molar-refractivity contribution >= 4 is 27.5 Å². The Morgan fingerprint density at radius 1 is 1.05 bits per heavy atom. The third-order valence-electron chi connectivity index (χ3n) is 3.13. The van der Waals surface area contributed by atoms with Crippen molar-refractivity contribution in [1.29, 1.82) is 0 Å². The minimum Gasteiger partial charge on any atom is -0.475 e. The number of aromatic carboxylic acids is 1. The number of furan rings is 1. The summed E-state index contributed by atoms with van der Waals surface area (Å²) in [6, 6.07) is 16.4. The lowest BCUT2D eigenvalue weighted by Crippen LogP contribution is -1.96. The van der Waals surface area contributed by atoms with Gasteiger partial charge in [0, 0.05) is 4.90 Å². The summed E-state index contributed by atoms with van der Waals surface area (Å²) < 4.78 is 17.5. The van der Waals surface area contributed by atoms with E-state index in [1.807, 2.05) is 42.5 Å². The summed E-state index contributed by atoms with van der Waals surface area (Å²) in [5.41, 5.74) is 0. The van der Waals surface area contributed by atoms with Gasteiger partial charge in [0.15, 0.2) is 0 Å². The molecular formula is C16H12O4S. The van der Waals surface area contributed by atoms with Crippen molar-refractivity contribution in [3.05, 3.63) is 66.1 Å². The van der Waals surface area contributed by atoms with Crippen LogP contribution >= 0.6 is 0 Å². The van der Waals surface area contributed by atoms with E-state index < -0.39 is 16.8 Å². The van der Waals surface area contributed by atoms with E-state index in [2.05, 4.69) is 0 Å². The molecule has 0 aliphatic heterocycles. The van der Waals surface area contributed by atoms with Crippen LogP contribution in [0.5, 0.6) is 0 Å². The van der Waals surface area contributed by atoms with Crippen molar-refractivity contribution in [1.82, 2.24) is 0 Å². The van der Waals surface area contributed by atoms with Crippen molar-refractivity contribution in [2.45, 2.75) is 10.6 Å². The van der Waals surface area contributed by atoms with Gasteiger partial charge < -0.3 is 9.52 Å². The van der Waals surface area contributed by atoms with Gasteiger partial charge in [-0.05, 0) is 35.0 Å². The Hall–Kier alpha value is -2.40. The molecule has 1 heterocycles. The van der Waals surface area contributed by atoms with Crippen LogP contribution in [-0.4, -0.2) is 15.3 Å². The van der Waals surface area contributed by atoms with Crippen LogP contribution in [0.3, 0.4) is 0 Å². The molecule has 0 bridgehead atoms. The number of rotatable bonds is 4. The average molecular weight is 300 g/mol. The molecule has 3 rings (SSSR count). The number of benzene rings is 2. The molecule has 1 aromatic heterocycles. The van der Waals surface area contributed by atoms with Crippen LogP contribution in [-0.2, 0) is 16.6 Å². The van der Waals surface area contributed by atoms with Crippen LogP contribution in [0.25, 0.3) is 10.8 Å².